The molecule has 0 N–H and O–H groups in total. The van der Waals surface area contributed by atoms with Gasteiger partial charge in [-0.15, -0.1) is 0 Å². The van der Waals surface area contributed by atoms with Crippen molar-refractivity contribution in [3.05, 3.63) is 40.5 Å². The minimum Gasteiger partial charge on any atom is -0.250 e. The monoisotopic (exact) mass is 216 g/mol. The SMILES string of the molecule is Cc1cc2cccc(Cl)c2nc1CC#N. The first kappa shape index (κ1) is 9.95. The molecule has 0 fully saturated rings. The molecule has 1 aromatic heterocycles. The second kappa shape index (κ2) is 3.88. The first-order valence-electron chi connectivity index (χ1n) is 4.64. The second-order valence-electron chi connectivity index (χ2n) is 3.40. The zero-order valence-corrected chi connectivity index (χ0v) is 9.04. The maximum atomic E-state index is 8.66. The van der Waals surface area contributed by atoms with Gasteiger partial charge in [0.05, 0.1) is 28.7 Å². The van der Waals surface area contributed by atoms with Crippen LogP contribution in [0, 0.1) is 18.3 Å². The number of rotatable bonds is 1. The van der Waals surface area contributed by atoms with E-state index in [-0.39, 0.29) is 0 Å². The van der Waals surface area contributed by atoms with Crippen LogP contribution in [-0.4, -0.2) is 4.98 Å². The molecule has 3 heteroatoms. The fourth-order valence-electron chi connectivity index (χ4n) is 1.56. The molecule has 2 rings (SSSR count). The van der Waals surface area contributed by atoms with E-state index in [4.69, 9.17) is 16.9 Å². The maximum Gasteiger partial charge on any atom is 0.0892 e. The topological polar surface area (TPSA) is 36.7 Å². The molecule has 0 aliphatic carbocycles. The summed E-state index contributed by atoms with van der Waals surface area (Å²) in [7, 11) is 0. The van der Waals surface area contributed by atoms with Gasteiger partial charge in [0, 0.05) is 5.39 Å². The van der Waals surface area contributed by atoms with Crippen LogP contribution in [0.3, 0.4) is 0 Å². The summed E-state index contributed by atoms with van der Waals surface area (Å²) >= 11 is 6.04. The van der Waals surface area contributed by atoms with Gasteiger partial charge < -0.3 is 0 Å². The van der Waals surface area contributed by atoms with Crippen molar-refractivity contribution in [1.29, 1.82) is 5.26 Å². The lowest BCUT2D eigenvalue weighted by Crippen LogP contribution is -1.94. The number of fused-ring (bicyclic) bond motifs is 1. The van der Waals surface area contributed by atoms with Gasteiger partial charge in [-0.3, -0.25) is 0 Å². The Morgan fingerprint density at radius 2 is 2.27 bits per heavy atom. The molecule has 0 saturated heterocycles. The molecule has 1 aromatic carbocycles. The van der Waals surface area contributed by atoms with Gasteiger partial charge in [0.2, 0.25) is 0 Å². The lowest BCUT2D eigenvalue weighted by molar-refractivity contribution is 1.11. The fourth-order valence-corrected chi connectivity index (χ4v) is 1.78. The van der Waals surface area contributed by atoms with Crippen LogP contribution in [0.2, 0.25) is 5.02 Å². The van der Waals surface area contributed by atoms with Crippen molar-refractivity contribution in [1.82, 2.24) is 4.98 Å². The van der Waals surface area contributed by atoms with Crippen LogP contribution in [0.1, 0.15) is 11.3 Å². The number of aromatic nitrogens is 1. The third-order valence-corrected chi connectivity index (χ3v) is 2.64. The van der Waals surface area contributed by atoms with E-state index in [2.05, 4.69) is 11.1 Å². The Labute approximate surface area is 93.1 Å². The van der Waals surface area contributed by atoms with E-state index >= 15 is 0 Å². The average molecular weight is 217 g/mol. The normalized spacial score (nSPS) is 10.2. The quantitative estimate of drug-likeness (QED) is 0.734. The van der Waals surface area contributed by atoms with E-state index in [0.717, 1.165) is 22.2 Å². The molecule has 2 nitrogen and oxygen atoms in total. The molecule has 0 radical (unpaired) electrons. The lowest BCUT2D eigenvalue weighted by atomic mass is 10.1. The van der Waals surface area contributed by atoms with Gasteiger partial charge in [0.15, 0.2) is 0 Å². The summed E-state index contributed by atoms with van der Waals surface area (Å²) in [5, 5.41) is 10.3. The summed E-state index contributed by atoms with van der Waals surface area (Å²) in [4.78, 5) is 4.41. The number of pyridine rings is 1. The van der Waals surface area contributed by atoms with E-state index in [9.17, 15) is 0 Å². The molecule has 1 heterocycles. The van der Waals surface area contributed by atoms with Crippen molar-refractivity contribution in [2.75, 3.05) is 0 Å². The van der Waals surface area contributed by atoms with Gasteiger partial charge >= 0.3 is 0 Å². The van der Waals surface area contributed by atoms with Gasteiger partial charge in [-0.2, -0.15) is 5.26 Å². The molecule has 0 aliphatic rings. The highest BCUT2D eigenvalue weighted by Gasteiger charge is 2.05. The van der Waals surface area contributed by atoms with Crippen LogP contribution >= 0.6 is 11.6 Å². The Kier molecular flexibility index (Phi) is 2.57. The Morgan fingerprint density at radius 1 is 1.47 bits per heavy atom. The molecular formula is C12H9ClN2. The molecule has 15 heavy (non-hydrogen) atoms. The predicted octanol–water partition coefficient (Wildman–Crippen LogP) is 3.26. The number of hydrogen-bond acceptors (Lipinski definition) is 2. The van der Waals surface area contributed by atoms with Gasteiger partial charge in [-0.05, 0) is 24.6 Å². The number of hydrogen-bond donors (Lipinski definition) is 0. The summed E-state index contributed by atoms with van der Waals surface area (Å²) in [5.74, 6) is 0. The summed E-state index contributed by atoms with van der Waals surface area (Å²) < 4.78 is 0. The largest absolute Gasteiger partial charge is 0.250 e. The Hall–Kier alpha value is -1.59. The smallest absolute Gasteiger partial charge is 0.0892 e. The minimum atomic E-state index is 0.326. The maximum absolute atomic E-state index is 8.66. The van der Waals surface area contributed by atoms with Crippen molar-refractivity contribution in [2.45, 2.75) is 13.3 Å². The average Bonchev–Trinajstić information content (AvgIpc) is 2.21. The van der Waals surface area contributed by atoms with Crippen LogP contribution in [0.5, 0.6) is 0 Å². The van der Waals surface area contributed by atoms with E-state index < -0.39 is 0 Å². The van der Waals surface area contributed by atoms with Crippen molar-refractivity contribution in [2.24, 2.45) is 0 Å². The number of aryl methyl sites for hydroxylation is 1. The van der Waals surface area contributed by atoms with Gasteiger partial charge in [-0.25, -0.2) is 4.98 Å². The van der Waals surface area contributed by atoms with E-state index in [1.54, 1.807) is 0 Å². The highest BCUT2D eigenvalue weighted by atomic mass is 35.5. The number of nitriles is 1. The number of halogens is 1. The highest BCUT2D eigenvalue weighted by Crippen LogP contribution is 2.23. The van der Waals surface area contributed by atoms with Crippen LogP contribution in [0.4, 0.5) is 0 Å². The molecular weight excluding hydrogens is 208 g/mol. The van der Waals surface area contributed by atoms with Crippen LogP contribution < -0.4 is 0 Å². The van der Waals surface area contributed by atoms with E-state index in [1.165, 1.54) is 0 Å². The van der Waals surface area contributed by atoms with Crippen LogP contribution in [0.15, 0.2) is 24.3 Å². The van der Waals surface area contributed by atoms with Gasteiger partial charge in [0.1, 0.15) is 0 Å². The molecule has 2 aromatic rings. The third kappa shape index (κ3) is 1.79. The number of para-hydroxylation sites is 1. The summed E-state index contributed by atoms with van der Waals surface area (Å²) in [5.41, 5.74) is 2.61. The van der Waals surface area contributed by atoms with Crippen LogP contribution in [-0.2, 0) is 6.42 Å². The summed E-state index contributed by atoms with van der Waals surface area (Å²) in [6, 6.07) is 9.79. The van der Waals surface area contributed by atoms with Crippen molar-refractivity contribution in [3.63, 3.8) is 0 Å². The minimum absolute atomic E-state index is 0.326. The molecule has 0 atom stereocenters. The molecule has 0 spiro atoms. The van der Waals surface area contributed by atoms with Crippen LogP contribution in [0.25, 0.3) is 10.9 Å². The number of benzene rings is 1. The van der Waals surface area contributed by atoms with Crippen molar-refractivity contribution < 1.29 is 0 Å². The van der Waals surface area contributed by atoms with Gasteiger partial charge in [0.25, 0.3) is 0 Å². The lowest BCUT2D eigenvalue weighted by Gasteiger charge is -2.05. The van der Waals surface area contributed by atoms with E-state index in [0.29, 0.717) is 11.4 Å². The molecule has 0 unspecified atom stereocenters. The second-order valence-corrected chi connectivity index (χ2v) is 3.81. The zero-order valence-electron chi connectivity index (χ0n) is 8.29. The van der Waals surface area contributed by atoms with E-state index in [1.807, 2.05) is 31.2 Å². The molecule has 0 saturated carbocycles. The molecule has 0 aliphatic heterocycles. The fraction of sp³-hybridized carbons (Fsp3) is 0.167. The first-order valence-corrected chi connectivity index (χ1v) is 5.02. The van der Waals surface area contributed by atoms with Gasteiger partial charge in [-0.1, -0.05) is 23.7 Å². The van der Waals surface area contributed by atoms with Crippen molar-refractivity contribution in [3.8, 4) is 6.07 Å². The van der Waals surface area contributed by atoms with Crippen molar-refractivity contribution >= 4 is 22.5 Å². The Bertz CT molecular complexity index is 555. The zero-order chi connectivity index (χ0) is 10.8. The predicted molar refractivity (Wildman–Crippen MR) is 60.8 cm³/mol. The highest BCUT2D eigenvalue weighted by molar-refractivity contribution is 6.35. The Morgan fingerprint density at radius 3 is 3.00 bits per heavy atom. The first-order chi connectivity index (χ1) is 7.22. The summed E-state index contributed by atoms with van der Waals surface area (Å²) in [6.45, 7) is 1.96. The molecule has 74 valence electrons. The third-order valence-electron chi connectivity index (χ3n) is 2.34. The molecule has 0 amide bonds. The number of nitrogens with zero attached hydrogens (tertiary/aromatic N) is 2. The Balaban J connectivity index is 2.73. The molecule has 0 bridgehead atoms. The standard InChI is InChI=1S/C12H9ClN2/c1-8-7-9-3-2-4-10(13)12(9)15-11(8)5-6-14/h2-4,7H,5H2,1H3. The summed E-state index contributed by atoms with van der Waals surface area (Å²) in [6.07, 6.45) is 0.326.